The van der Waals surface area contributed by atoms with Gasteiger partial charge in [-0.3, -0.25) is 4.90 Å². The molecule has 0 unspecified atom stereocenters. The summed E-state index contributed by atoms with van der Waals surface area (Å²) in [7, 11) is 0. The van der Waals surface area contributed by atoms with E-state index in [1.165, 1.54) is 12.1 Å². The van der Waals surface area contributed by atoms with Gasteiger partial charge in [0.2, 0.25) is 0 Å². The van der Waals surface area contributed by atoms with Gasteiger partial charge in [-0.25, -0.2) is 4.39 Å². The molecule has 1 aromatic carbocycles. The van der Waals surface area contributed by atoms with Crippen LogP contribution in [0.3, 0.4) is 0 Å². The van der Waals surface area contributed by atoms with Crippen LogP contribution in [0.1, 0.15) is 18.0 Å². The second-order valence-corrected chi connectivity index (χ2v) is 4.54. The maximum Gasteiger partial charge on any atom is 0.165 e. The van der Waals surface area contributed by atoms with Crippen LogP contribution in [0.4, 0.5) is 4.39 Å². The maximum atomic E-state index is 13.4. The van der Waals surface area contributed by atoms with E-state index in [2.05, 4.69) is 16.8 Å². The molecule has 1 saturated heterocycles. The lowest BCUT2D eigenvalue weighted by Crippen LogP contribution is -2.45. The smallest absolute Gasteiger partial charge is 0.165 e. The van der Waals surface area contributed by atoms with E-state index >= 15 is 0 Å². The minimum atomic E-state index is -0.559. The number of halogens is 2. The fourth-order valence-corrected chi connectivity index (χ4v) is 2.38. The van der Waals surface area contributed by atoms with Crippen molar-refractivity contribution < 1.29 is 9.50 Å². The van der Waals surface area contributed by atoms with Gasteiger partial charge in [-0.05, 0) is 24.1 Å². The number of aromatic hydroxyl groups is 1. The molecule has 5 heteroatoms. The van der Waals surface area contributed by atoms with Crippen LogP contribution >= 0.6 is 12.4 Å². The first kappa shape index (κ1) is 16.0. The first-order chi connectivity index (χ1) is 8.72. The molecule has 106 valence electrons. The van der Waals surface area contributed by atoms with Crippen LogP contribution in [0.5, 0.6) is 5.75 Å². The summed E-state index contributed by atoms with van der Waals surface area (Å²) in [5.74, 6) is -0.854. The predicted molar refractivity (Wildman–Crippen MR) is 77.3 cm³/mol. The van der Waals surface area contributed by atoms with Gasteiger partial charge in [0.05, 0.1) is 0 Å². The minimum Gasteiger partial charge on any atom is -0.505 e. The molecule has 0 aromatic heterocycles. The van der Waals surface area contributed by atoms with Crippen LogP contribution in [-0.4, -0.2) is 36.2 Å². The Morgan fingerprint density at radius 3 is 2.68 bits per heavy atom. The Hall–Kier alpha value is -1.10. The van der Waals surface area contributed by atoms with E-state index in [9.17, 15) is 9.50 Å². The van der Waals surface area contributed by atoms with Gasteiger partial charge in [0.1, 0.15) is 0 Å². The van der Waals surface area contributed by atoms with Crippen molar-refractivity contribution in [2.75, 3.05) is 26.2 Å². The lowest BCUT2D eigenvalue weighted by molar-refractivity contribution is 0.174. The molecule has 0 aliphatic carbocycles. The van der Waals surface area contributed by atoms with E-state index in [-0.39, 0.29) is 24.2 Å². The van der Waals surface area contributed by atoms with Gasteiger partial charge in [0, 0.05) is 32.2 Å². The molecule has 1 heterocycles. The van der Waals surface area contributed by atoms with Gasteiger partial charge in [0.15, 0.2) is 11.6 Å². The van der Waals surface area contributed by atoms with Crippen LogP contribution in [0.15, 0.2) is 30.9 Å². The lowest BCUT2D eigenvalue weighted by atomic mass is 10.0. The second-order valence-electron chi connectivity index (χ2n) is 4.54. The molecular weight excluding hydrogens is 267 g/mol. The number of hydrogen-bond acceptors (Lipinski definition) is 3. The summed E-state index contributed by atoms with van der Waals surface area (Å²) < 4.78 is 13.4. The zero-order chi connectivity index (χ0) is 13.0. The van der Waals surface area contributed by atoms with E-state index in [1.807, 2.05) is 6.08 Å². The fourth-order valence-electron chi connectivity index (χ4n) is 2.38. The Labute approximate surface area is 119 Å². The third-order valence-electron chi connectivity index (χ3n) is 3.34. The molecule has 2 rings (SSSR count). The summed E-state index contributed by atoms with van der Waals surface area (Å²) in [6.45, 7) is 7.57. The fraction of sp³-hybridized carbons (Fsp3) is 0.429. The van der Waals surface area contributed by atoms with Crippen molar-refractivity contribution in [3.63, 3.8) is 0 Å². The second kappa shape index (κ2) is 7.48. The van der Waals surface area contributed by atoms with Crippen LogP contribution in [0, 0.1) is 5.82 Å². The van der Waals surface area contributed by atoms with Crippen LogP contribution < -0.4 is 5.32 Å². The zero-order valence-corrected chi connectivity index (χ0v) is 11.6. The van der Waals surface area contributed by atoms with E-state index in [4.69, 9.17) is 0 Å². The number of piperazine rings is 1. The zero-order valence-electron chi connectivity index (χ0n) is 10.8. The van der Waals surface area contributed by atoms with E-state index in [1.54, 1.807) is 6.07 Å². The number of nitrogens with one attached hydrogen (secondary N) is 1. The largest absolute Gasteiger partial charge is 0.505 e. The maximum absolute atomic E-state index is 13.4. The Kier molecular flexibility index (Phi) is 6.28. The van der Waals surface area contributed by atoms with Crippen molar-refractivity contribution in [1.29, 1.82) is 0 Å². The molecule has 3 nitrogen and oxygen atoms in total. The molecule has 1 atom stereocenters. The molecule has 1 aliphatic heterocycles. The van der Waals surface area contributed by atoms with Crippen molar-refractivity contribution in [3.8, 4) is 5.75 Å². The molecule has 1 aromatic rings. The molecule has 1 aliphatic rings. The Balaban J connectivity index is 0.00000180. The van der Waals surface area contributed by atoms with Crippen molar-refractivity contribution in [2.24, 2.45) is 0 Å². The molecular formula is C14H20ClFN2O. The Bertz CT molecular complexity index is 422. The Morgan fingerprint density at radius 2 is 2.11 bits per heavy atom. The van der Waals surface area contributed by atoms with Crippen LogP contribution in [-0.2, 0) is 0 Å². The highest BCUT2D eigenvalue weighted by Crippen LogP contribution is 2.28. The highest BCUT2D eigenvalue weighted by atomic mass is 35.5. The van der Waals surface area contributed by atoms with Crippen molar-refractivity contribution in [1.82, 2.24) is 10.2 Å². The third-order valence-corrected chi connectivity index (χ3v) is 3.34. The van der Waals surface area contributed by atoms with Crippen molar-refractivity contribution >= 4 is 12.4 Å². The number of phenols is 1. The Morgan fingerprint density at radius 1 is 1.42 bits per heavy atom. The molecule has 0 radical (unpaired) electrons. The number of hydrogen-bond donors (Lipinski definition) is 2. The topological polar surface area (TPSA) is 35.5 Å². The third kappa shape index (κ3) is 3.93. The average molecular weight is 287 g/mol. The summed E-state index contributed by atoms with van der Waals surface area (Å²) in [5.41, 5.74) is 0.895. The summed E-state index contributed by atoms with van der Waals surface area (Å²) in [6, 6.07) is 4.77. The summed E-state index contributed by atoms with van der Waals surface area (Å²) in [4.78, 5) is 2.32. The summed E-state index contributed by atoms with van der Waals surface area (Å²) in [5, 5.41) is 12.5. The lowest BCUT2D eigenvalue weighted by Gasteiger charge is -2.34. The van der Waals surface area contributed by atoms with E-state index in [0.29, 0.717) is 0 Å². The highest BCUT2D eigenvalue weighted by Gasteiger charge is 2.21. The monoisotopic (exact) mass is 286 g/mol. The summed E-state index contributed by atoms with van der Waals surface area (Å²) >= 11 is 0. The van der Waals surface area contributed by atoms with Gasteiger partial charge in [-0.1, -0.05) is 12.1 Å². The van der Waals surface area contributed by atoms with Gasteiger partial charge < -0.3 is 10.4 Å². The SMILES string of the molecule is C=CC[C@H](c1ccc(O)c(F)c1)N1CCNCC1.Cl. The first-order valence-corrected chi connectivity index (χ1v) is 6.26. The molecule has 0 amide bonds. The number of phenolic OH excluding ortho intramolecular Hbond substituents is 1. The predicted octanol–water partition coefficient (Wildman–Crippen LogP) is 2.48. The summed E-state index contributed by atoms with van der Waals surface area (Å²) in [6.07, 6.45) is 2.64. The van der Waals surface area contributed by atoms with Gasteiger partial charge >= 0.3 is 0 Å². The van der Waals surface area contributed by atoms with Crippen molar-refractivity contribution in [2.45, 2.75) is 12.5 Å². The van der Waals surface area contributed by atoms with E-state index < -0.39 is 5.82 Å². The molecule has 0 bridgehead atoms. The quantitative estimate of drug-likeness (QED) is 0.835. The van der Waals surface area contributed by atoms with Crippen LogP contribution in [0.2, 0.25) is 0 Å². The molecule has 1 fully saturated rings. The normalized spacial score (nSPS) is 17.5. The van der Waals surface area contributed by atoms with Crippen molar-refractivity contribution in [3.05, 3.63) is 42.2 Å². The molecule has 19 heavy (non-hydrogen) atoms. The number of rotatable bonds is 4. The standard InChI is InChI=1S/C14H19FN2O.ClH/c1-2-3-13(17-8-6-16-7-9-17)11-4-5-14(18)12(15)10-11;/h2,4-5,10,13,16,18H,1,3,6-9H2;1H/t13-;/m1./s1. The molecule has 2 N–H and O–H groups in total. The molecule has 0 saturated carbocycles. The van der Waals surface area contributed by atoms with Gasteiger partial charge in [-0.2, -0.15) is 0 Å². The minimum absolute atomic E-state index is 0. The molecule has 0 spiro atoms. The number of benzene rings is 1. The average Bonchev–Trinajstić information content (AvgIpc) is 2.40. The van der Waals surface area contributed by atoms with E-state index in [0.717, 1.165) is 38.2 Å². The highest BCUT2D eigenvalue weighted by molar-refractivity contribution is 5.85. The van der Waals surface area contributed by atoms with Crippen LogP contribution in [0.25, 0.3) is 0 Å². The first-order valence-electron chi connectivity index (χ1n) is 6.26. The van der Waals surface area contributed by atoms with Gasteiger partial charge in [0.25, 0.3) is 0 Å². The number of nitrogens with zero attached hydrogens (tertiary/aromatic N) is 1. The van der Waals surface area contributed by atoms with Gasteiger partial charge in [-0.15, -0.1) is 19.0 Å².